The molecule has 0 bridgehead atoms. The maximum atomic E-state index is 8.41. The highest BCUT2D eigenvalue weighted by Crippen LogP contribution is 2.67. The minimum atomic E-state index is -0.321. The van der Waals surface area contributed by atoms with Crippen LogP contribution in [0.2, 0.25) is 0 Å². The molecule has 5 rings (SSSR count). The molecule has 3 heteroatoms. The average Bonchev–Trinajstić information content (AvgIpc) is 3.31. The lowest BCUT2D eigenvalue weighted by Crippen LogP contribution is -2.50. The van der Waals surface area contributed by atoms with E-state index in [-0.39, 0.29) is 6.10 Å². The fraction of sp³-hybridized carbons (Fsp3) is 0.737. The highest BCUT2D eigenvalue weighted by atomic mass is 17.1. The van der Waals surface area contributed by atoms with Crippen LogP contribution in [0.15, 0.2) is 48.8 Å². The minimum Gasteiger partial charge on any atom is -0.466 e. The summed E-state index contributed by atoms with van der Waals surface area (Å²) in [7, 11) is 0. The van der Waals surface area contributed by atoms with Gasteiger partial charge in [0.2, 0.25) is 0 Å². The Morgan fingerprint density at radius 1 is 0.976 bits per heavy atom. The first kappa shape index (κ1) is 32.3. The van der Waals surface area contributed by atoms with Gasteiger partial charge in [0.05, 0.1) is 6.26 Å². The molecule has 4 aliphatic carbocycles. The Balaban J connectivity index is 0.000000251. The normalized spacial score (nSPS) is 35.6. The van der Waals surface area contributed by atoms with Crippen LogP contribution in [0, 0.1) is 52.3 Å². The van der Waals surface area contributed by atoms with E-state index in [1.165, 1.54) is 76.9 Å². The van der Waals surface area contributed by atoms with Gasteiger partial charge in [0.15, 0.2) is 0 Å². The molecule has 0 heterocycles. The molecule has 9 unspecified atom stereocenters. The lowest BCUT2D eigenvalue weighted by atomic mass is 9.46. The van der Waals surface area contributed by atoms with Gasteiger partial charge in [0, 0.05) is 0 Å². The Bertz CT molecular complexity index is 1010. The van der Waals surface area contributed by atoms with E-state index in [1.54, 1.807) is 19.1 Å². The van der Waals surface area contributed by atoms with Crippen molar-refractivity contribution >= 4 is 0 Å². The van der Waals surface area contributed by atoms with Gasteiger partial charge < -0.3 is 4.74 Å². The van der Waals surface area contributed by atoms with E-state index in [2.05, 4.69) is 59.1 Å². The summed E-state index contributed by atoms with van der Waals surface area (Å²) in [6, 6.07) is 7.21. The highest BCUT2D eigenvalue weighted by molar-refractivity contribution is 5.29. The Hall–Kier alpha value is -1.58. The standard InChI is InChI=1S/C28H48.C10H12O3/c1-19(2)8-7-9-21(4)24-12-13-25-23-11-10-22-18-20(3)14-16-27(22,5)26(23)15-17-28(24,25)6;1-3-12-10-6-4-9(5-7-10)8(2)13-11/h10,19-21,23-26H,7-9,11-18H2,1-6H3;3-8,11H,1H2,2H3. The summed E-state index contributed by atoms with van der Waals surface area (Å²) in [6.45, 7) is 20.5. The molecule has 0 radical (unpaired) electrons. The molecule has 3 saturated carbocycles. The molecular formula is C38H60O3. The van der Waals surface area contributed by atoms with Crippen LogP contribution in [0.25, 0.3) is 0 Å². The van der Waals surface area contributed by atoms with Crippen molar-refractivity contribution in [3.8, 4) is 5.75 Å². The molecule has 3 nitrogen and oxygen atoms in total. The minimum absolute atomic E-state index is 0.321. The van der Waals surface area contributed by atoms with Gasteiger partial charge in [-0.3, -0.25) is 5.26 Å². The molecule has 0 saturated heterocycles. The fourth-order valence-electron chi connectivity index (χ4n) is 9.84. The highest BCUT2D eigenvalue weighted by Gasteiger charge is 2.58. The molecule has 230 valence electrons. The van der Waals surface area contributed by atoms with E-state index in [0.29, 0.717) is 16.6 Å². The van der Waals surface area contributed by atoms with E-state index < -0.39 is 0 Å². The summed E-state index contributed by atoms with van der Waals surface area (Å²) >= 11 is 0. The van der Waals surface area contributed by atoms with Crippen LogP contribution in [0.3, 0.4) is 0 Å². The van der Waals surface area contributed by atoms with Crippen molar-refractivity contribution in [2.75, 3.05) is 0 Å². The first-order chi connectivity index (χ1) is 19.5. The number of ether oxygens (including phenoxy) is 1. The maximum Gasteiger partial charge on any atom is 0.126 e. The number of allylic oxidation sites excluding steroid dienone is 2. The number of rotatable bonds is 9. The Kier molecular flexibility index (Phi) is 10.9. The van der Waals surface area contributed by atoms with Gasteiger partial charge >= 0.3 is 0 Å². The zero-order valence-electron chi connectivity index (χ0n) is 27.3. The van der Waals surface area contributed by atoms with Crippen molar-refractivity contribution in [3.63, 3.8) is 0 Å². The summed E-state index contributed by atoms with van der Waals surface area (Å²) in [5.74, 6) is 7.44. The van der Waals surface area contributed by atoms with Crippen molar-refractivity contribution in [1.29, 1.82) is 0 Å². The van der Waals surface area contributed by atoms with Crippen molar-refractivity contribution in [1.82, 2.24) is 0 Å². The molecule has 0 aliphatic heterocycles. The second-order valence-corrected chi connectivity index (χ2v) is 15.2. The Morgan fingerprint density at radius 3 is 2.37 bits per heavy atom. The summed E-state index contributed by atoms with van der Waals surface area (Å²) in [5.41, 5.74) is 3.95. The first-order valence-electron chi connectivity index (χ1n) is 16.9. The van der Waals surface area contributed by atoms with Gasteiger partial charge in [-0.15, -0.1) is 0 Å². The third-order valence-electron chi connectivity index (χ3n) is 12.3. The SMILES string of the molecule is C=COc1ccc(C(C)OO)cc1.CC(C)CCCC(C)C1CCC2C3CC=C4CC(C)CCC4(C)C3CCC12C. The lowest BCUT2D eigenvalue weighted by molar-refractivity contribution is -0.277. The van der Waals surface area contributed by atoms with Crippen molar-refractivity contribution in [2.45, 2.75) is 125 Å². The summed E-state index contributed by atoms with van der Waals surface area (Å²) in [4.78, 5) is 4.18. The molecule has 1 aromatic carbocycles. The largest absolute Gasteiger partial charge is 0.466 e. The summed E-state index contributed by atoms with van der Waals surface area (Å²) in [6.07, 6.45) is 20.0. The van der Waals surface area contributed by atoms with Gasteiger partial charge in [-0.05, 0) is 128 Å². The molecular weight excluding hydrogens is 504 g/mol. The number of fused-ring (bicyclic) bond motifs is 5. The van der Waals surface area contributed by atoms with Crippen molar-refractivity contribution in [3.05, 3.63) is 54.3 Å². The van der Waals surface area contributed by atoms with E-state index in [4.69, 9.17) is 9.99 Å². The van der Waals surface area contributed by atoms with Crippen molar-refractivity contribution < 1.29 is 14.9 Å². The zero-order valence-corrected chi connectivity index (χ0v) is 27.3. The summed E-state index contributed by atoms with van der Waals surface area (Å²) < 4.78 is 5.03. The predicted molar refractivity (Wildman–Crippen MR) is 172 cm³/mol. The van der Waals surface area contributed by atoms with E-state index in [0.717, 1.165) is 47.0 Å². The van der Waals surface area contributed by atoms with Crippen LogP contribution < -0.4 is 4.74 Å². The lowest BCUT2D eigenvalue weighted by Gasteiger charge is -2.58. The molecule has 9 atom stereocenters. The Labute approximate surface area is 252 Å². The zero-order chi connectivity index (χ0) is 29.8. The molecule has 41 heavy (non-hydrogen) atoms. The molecule has 1 N–H and O–H groups in total. The average molecular weight is 565 g/mol. The maximum absolute atomic E-state index is 8.41. The van der Waals surface area contributed by atoms with Crippen LogP contribution >= 0.6 is 0 Å². The van der Waals surface area contributed by atoms with Gasteiger partial charge in [0.25, 0.3) is 0 Å². The first-order valence-corrected chi connectivity index (χ1v) is 16.9. The number of hydrogen-bond donors (Lipinski definition) is 1. The van der Waals surface area contributed by atoms with Gasteiger partial charge in [-0.25, -0.2) is 4.89 Å². The molecule has 4 aliphatic rings. The quantitative estimate of drug-likeness (QED) is 0.140. The Morgan fingerprint density at radius 2 is 1.71 bits per heavy atom. The second kappa shape index (κ2) is 13.8. The smallest absolute Gasteiger partial charge is 0.126 e. The van der Waals surface area contributed by atoms with E-state index in [1.807, 2.05) is 17.7 Å². The van der Waals surface area contributed by atoms with Crippen molar-refractivity contribution in [2.24, 2.45) is 52.3 Å². The van der Waals surface area contributed by atoms with E-state index in [9.17, 15) is 0 Å². The van der Waals surface area contributed by atoms with Crippen LogP contribution in [0.1, 0.15) is 131 Å². The molecule has 0 spiro atoms. The van der Waals surface area contributed by atoms with Gasteiger partial charge in [-0.1, -0.05) is 91.2 Å². The van der Waals surface area contributed by atoms with Crippen LogP contribution in [-0.2, 0) is 4.89 Å². The van der Waals surface area contributed by atoms with E-state index >= 15 is 0 Å². The van der Waals surface area contributed by atoms with Crippen LogP contribution in [0.5, 0.6) is 5.75 Å². The number of benzene rings is 1. The topological polar surface area (TPSA) is 38.7 Å². The molecule has 3 fully saturated rings. The third kappa shape index (κ3) is 6.98. The second-order valence-electron chi connectivity index (χ2n) is 15.2. The molecule has 1 aromatic rings. The molecule has 0 aromatic heterocycles. The van der Waals surface area contributed by atoms with Gasteiger partial charge in [-0.2, -0.15) is 0 Å². The predicted octanol–water partition coefficient (Wildman–Crippen LogP) is 11.4. The monoisotopic (exact) mass is 564 g/mol. The van der Waals surface area contributed by atoms with Crippen LogP contribution in [-0.4, -0.2) is 5.26 Å². The van der Waals surface area contributed by atoms with Gasteiger partial charge in [0.1, 0.15) is 11.9 Å². The fourth-order valence-corrected chi connectivity index (χ4v) is 9.84. The third-order valence-corrected chi connectivity index (χ3v) is 12.3. The number of hydrogen-bond acceptors (Lipinski definition) is 3. The van der Waals surface area contributed by atoms with Crippen LogP contribution in [0.4, 0.5) is 0 Å². The summed E-state index contributed by atoms with van der Waals surface area (Å²) in [5, 5.41) is 8.41. The molecule has 0 amide bonds.